The molecule has 1 rings (SSSR count). The highest BCUT2D eigenvalue weighted by molar-refractivity contribution is 6.35. The number of nitrogens with two attached hydrogens (primary N) is 1. The van der Waals surface area contributed by atoms with Crippen molar-refractivity contribution in [1.82, 2.24) is 0 Å². The highest BCUT2D eigenvalue weighted by atomic mass is 35.5. The van der Waals surface area contributed by atoms with Crippen LogP contribution in [0.3, 0.4) is 0 Å². The minimum absolute atomic E-state index is 0.307. The smallest absolute Gasteiger partial charge is 0.217 e. The molecule has 0 aromatic heterocycles. The molecule has 0 aliphatic rings. The number of primary amides is 1. The number of rotatable bonds is 3. The summed E-state index contributed by atoms with van der Waals surface area (Å²) in [5.74, 6) is -0.328. The average Bonchev–Trinajstić information content (AvgIpc) is 2.02. The second kappa shape index (κ2) is 4.49. The van der Waals surface area contributed by atoms with Crippen molar-refractivity contribution in [3.8, 4) is 0 Å². The van der Waals surface area contributed by atoms with E-state index >= 15 is 0 Å². The molecule has 13 heavy (non-hydrogen) atoms. The molecule has 0 radical (unpaired) electrons. The third-order valence-electron chi connectivity index (χ3n) is 1.66. The van der Waals surface area contributed by atoms with Gasteiger partial charge in [0.2, 0.25) is 5.91 Å². The zero-order valence-corrected chi connectivity index (χ0v) is 8.40. The quantitative estimate of drug-likeness (QED) is 0.831. The fourth-order valence-corrected chi connectivity index (χ4v) is 1.49. The van der Waals surface area contributed by atoms with E-state index in [-0.39, 0.29) is 5.91 Å². The zero-order valence-electron chi connectivity index (χ0n) is 6.89. The molecule has 0 spiro atoms. The second-order valence-corrected chi connectivity index (χ2v) is 3.55. The summed E-state index contributed by atoms with van der Waals surface area (Å²) in [5, 5.41) is 1.17. The van der Waals surface area contributed by atoms with Gasteiger partial charge in [-0.05, 0) is 24.1 Å². The lowest BCUT2D eigenvalue weighted by Crippen LogP contribution is -2.11. The summed E-state index contributed by atoms with van der Waals surface area (Å²) in [4.78, 5) is 10.5. The van der Waals surface area contributed by atoms with Gasteiger partial charge >= 0.3 is 0 Å². The number of halogens is 2. The molecule has 70 valence electrons. The Morgan fingerprint density at radius 3 is 2.62 bits per heavy atom. The molecule has 1 amide bonds. The monoisotopic (exact) mass is 217 g/mol. The normalized spacial score (nSPS) is 10.0. The van der Waals surface area contributed by atoms with E-state index in [1.54, 1.807) is 18.2 Å². The summed E-state index contributed by atoms with van der Waals surface area (Å²) >= 11 is 11.6. The molecule has 0 aliphatic heterocycles. The van der Waals surface area contributed by atoms with Crippen molar-refractivity contribution in [2.45, 2.75) is 12.8 Å². The largest absolute Gasteiger partial charge is 0.370 e. The van der Waals surface area contributed by atoms with Crippen molar-refractivity contribution in [3.05, 3.63) is 33.8 Å². The van der Waals surface area contributed by atoms with Gasteiger partial charge in [0.15, 0.2) is 0 Å². The molecule has 0 fully saturated rings. The third kappa shape index (κ3) is 3.25. The first-order chi connectivity index (χ1) is 6.09. The summed E-state index contributed by atoms with van der Waals surface area (Å²) in [6.07, 6.45) is 0.868. The van der Waals surface area contributed by atoms with Crippen molar-refractivity contribution in [2.75, 3.05) is 0 Å². The van der Waals surface area contributed by atoms with E-state index in [9.17, 15) is 4.79 Å². The second-order valence-electron chi connectivity index (χ2n) is 2.70. The predicted molar refractivity (Wildman–Crippen MR) is 54.0 cm³/mol. The Morgan fingerprint density at radius 1 is 1.38 bits per heavy atom. The van der Waals surface area contributed by atoms with Gasteiger partial charge in [-0.2, -0.15) is 0 Å². The van der Waals surface area contributed by atoms with Crippen molar-refractivity contribution >= 4 is 29.1 Å². The molecule has 4 heteroatoms. The van der Waals surface area contributed by atoms with Crippen molar-refractivity contribution in [1.29, 1.82) is 0 Å². The van der Waals surface area contributed by atoms with Crippen LogP contribution in [0.1, 0.15) is 12.0 Å². The minimum Gasteiger partial charge on any atom is -0.370 e. The summed E-state index contributed by atoms with van der Waals surface area (Å²) in [6.45, 7) is 0. The molecule has 2 nitrogen and oxygen atoms in total. The molecule has 0 saturated carbocycles. The first kappa shape index (κ1) is 10.4. The average molecular weight is 218 g/mol. The zero-order chi connectivity index (χ0) is 9.84. The van der Waals surface area contributed by atoms with Crippen molar-refractivity contribution in [2.24, 2.45) is 5.73 Å². The molecule has 0 saturated heterocycles. The maximum Gasteiger partial charge on any atom is 0.217 e. The Hall–Kier alpha value is -0.730. The molecular weight excluding hydrogens is 209 g/mol. The van der Waals surface area contributed by atoms with E-state index in [0.717, 1.165) is 5.56 Å². The van der Waals surface area contributed by atoms with E-state index < -0.39 is 0 Å². The summed E-state index contributed by atoms with van der Waals surface area (Å²) in [7, 11) is 0. The first-order valence-electron chi connectivity index (χ1n) is 3.82. The Morgan fingerprint density at radius 2 is 2.08 bits per heavy atom. The van der Waals surface area contributed by atoms with Crippen LogP contribution in [0.4, 0.5) is 0 Å². The number of carbonyl (C=O) groups is 1. The van der Waals surface area contributed by atoms with Crippen molar-refractivity contribution in [3.63, 3.8) is 0 Å². The lowest BCUT2D eigenvalue weighted by molar-refractivity contribution is -0.117. The topological polar surface area (TPSA) is 43.1 Å². The predicted octanol–water partition coefficient (Wildman–Crippen LogP) is 2.41. The number of carbonyl (C=O) groups excluding carboxylic acids is 1. The highest BCUT2D eigenvalue weighted by Crippen LogP contribution is 2.21. The van der Waals surface area contributed by atoms with E-state index in [1.807, 2.05) is 0 Å². The van der Waals surface area contributed by atoms with Crippen LogP contribution in [0.2, 0.25) is 10.0 Å². The third-order valence-corrected chi connectivity index (χ3v) is 2.24. The Labute approximate surface area is 86.6 Å². The van der Waals surface area contributed by atoms with Gasteiger partial charge in [-0.3, -0.25) is 4.79 Å². The fourth-order valence-electron chi connectivity index (χ4n) is 0.982. The van der Waals surface area contributed by atoms with E-state index in [1.165, 1.54) is 0 Å². The van der Waals surface area contributed by atoms with Gasteiger partial charge in [0.25, 0.3) is 0 Å². The van der Waals surface area contributed by atoms with Crippen LogP contribution in [-0.4, -0.2) is 5.91 Å². The molecule has 2 N–H and O–H groups in total. The van der Waals surface area contributed by atoms with Gasteiger partial charge in [0.1, 0.15) is 0 Å². The van der Waals surface area contributed by atoms with Crippen LogP contribution in [0.15, 0.2) is 18.2 Å². The van der Waals surface area contributed by atoms with Crippen LogP contribution in [-0.2, 0) is 11.2 Å². The molecule has 1 aromatic carbocycles. The van der Waals surface area contributed by atoms with Crippen LogP contribution in [0.25, 0.3) is 0 Å². The van der Waals surface area contributed by atoms with Crippen molar-refractivity contribution < 1.29 is 4.79 Å². The fraction of sp³-hybridized carbons (Fsp3) is 0.222. The molecule has 0 aliphatic carbocycles. The molecule has 0 unspecified atom stereocenters. The molecule has 0 atom stereocenters. The van der Waals surface area contributed by atoms with Gasteiger partial charge in [-0.15, -0.1) is 0 Å². The highest BCUT2D eigenvalue weighted by Gasteiger charge is 2.02. The van der Waals surface area contributed by atoms with E-state index in [2.05, 4.69) is 0 Å². The molecule has 0 bridgehead atoms. The summed E-state index contributed by atoms with van der Waals surface area (Å²) in [5.41, 5.74) is 5.91. The Balaban J connectivity index is 2.72. The molecular formula is C9H9Cl2NO. The van der Waals surface area contributed by atoms with Crippen LogP contribution in [0, 0.1) is 0 Å². The van der Waals surface area contributed by atoms with Crippen LogP contribution < -0.4 is 5.73 Å². The van der Waals surface area contributed by atoms with Gasteiger partial charge in [0.05, 0.1) is 0 Å². The van der Waals surface area contributed by atoms with Gasteiger partial charge < -0.3 is 5.73 Å². The number of hydrogen-bond acceptors (Lipinski definition) is 1. The maximum atomic E-state index is 10.5. The lowest BCUT2D eigenvalue weighted by atomic mass is 10.1. The number of amides is 1. The minimum atomic E-state index is -0.328. The number of benzene rings is 1. The van der Waals surface area contributed by atoms with Crippen LogP contribution in [0.5, 0.6) is 0 Å². The lowest BCUT2D eigenvalue weighted by Gasteiger charge is -2.02. The summed E-state index contributed by atoms with van der Waals surface area (Å²) in [6, 6.07) is 5.19. The van der Waals surface area contributed by atoms with Gasteiger partial charge in [-0.25, -0.2) is 0 Å². The SMILES string of the molecule is NC(=O)CCc1ccc(Cl)cc1Cl. The van der Waals surface area contributed by atoms with Crippen LogP contribution >= 0.6 is 23.2 Å². The first-order valence-corrected chi connectivity index (χ1v) is 4.57. The standard InChI is InChI=1S/C9H9Cl2NO/c10-7-3-1-6(8(11)5-7)2-4-9(12)13/h1,3,5H,2,4H2,(H2,12,13). The van der Waals surface area contributed by atoms with E-state index in [0.29, 0.717) is 22.9 Å². The van der Waals surface area contributed by atoms with Gasteiger partial charge in [0, 0.05) is 16.5 Å². The Bertz CT molecular complexity index is 325. The van der Waals surface area contributed by atoms with E-state index in [4.69, 9.17) is 28.9 Å². The molecule has 0 heterocycles. The Kier molecular flexibility index (Phi) is 3.58. The molecule has 1 aromatic rings. The number of hydrogen-bond donors (Lipinski definition) is 1. The van der Waals surface area contributed by atoms with Gasteiger partial charge in [-0.1, -0.05) is 29.3 Å². The summed E-state index contributed by atoms with van der Waals surface area (Å²) < 4.78 is 0. The number of aryl methyl sites for hydroxylation is 1. The maximum absolute atomic E-state index is 10.5.